The molecule has 0 radical (unpaired) electrons. The number of piperidine rings is 1. The van der Waals surface area contributed by atoms with Crippen LogP contribution in [0, 0.1) is 0 Å². The van der Waals surface area contributed by atoms with Crippen molar-refractivity contribution in [3.8, 4) is 17.2 Å². The fraction of sp³-hybridized carbons (Fsp3) is 0.550. The van der Waals surface area contributed by atoms with Gasteiger partial charge in [-0.1, -0.05) is 0 Å². The van der Waals surface area contributed by atoms with Crippen molar-refractivity contribution < 1.29 is 33.3 Å². The van der Waals surface area contributed by atoms with E-state index in [4.69, 9.17) is 18.9 Å². The largest absolute Gasteiger partial charge is 0.496 e. The van der Waals surface area contributed by atoms with E-state index in [1.54, 1.807) is 38.4 Å². The van der Waals surface area contributed by atoms with E-state index < -0.39 is 6.09 Å². The predicted molar refractivity (Wildman–Crippen MR) is 102 cm³/mol. The van der Waals surface area contributed by atoms with Gasteiger partial charge < -0.3 is 23.8 Å². The molecule has 9 nitrogen and oxygen atoms in total. The van der Waals surface area contributed by atoms with Gasteiger partial charge in [0, 0.05) is 43.2 Å². The number of hydrogen-bond acceptors (Lipinski definition) is 7. The Labute approximate surface area is 169 Å². The lowest BCUT2D eigenvalue weighted by molar-refractivity contribution is -0.133. The molecular formula is C20H26N2O7. The van der Waals surface area contributed by atoms with Crippen LogP contribution in [0.3, 0.4) is 0 Å². The maximum absolute atomic E-state index is 12.7. The second kappa shape index (κ2) is 9.02. The second-order valence-electron chi connectivity index (χ2n) is 6.94. The number of cyclic esters (lactones) is 1. The number of carbonyl (C=O) groups is 3. The van der Waals surface area contributed by atoms with Gasteiger partial charge in [0.05, 0.1) is 21.3 Å². The number of nitrogens with zero attached hydrogens (tertiary/aromatic N) is 2. The Bertz CT molecular complexity index is 746. The van der Waals surface area contributed by atoms with Gasteiger partial charge in [-0.25, -0.2) is 9.69 Å². The molecule has 0 saturated carbocycles. The Balaban J connectivity index is 1.58. The molecule has 0 aliphatic carbocycles. The number of rotatable bonds is 7. The van der Waals surface area contributed by atoms with Crippen molar-refractivity contribution in [3.05, 3.63) is 17.7 Å². The van der Waals surface area contributed by atoms with Crippen molar-refractivity contribution >= 4 is 17.9 Å². The first kappa shape index (κ1) is 20.8. The highest BCUT2D eigenvalue weighted by Gasteiger charge is 2.38. The molecule has 1 aromatic carbocycles. The minimum atomic E-state index is -0.585. The monoisotopic (exact) mass is 406 g/mol. The predicted octanol–water partition coefficient (Wildman–Crippen LogP) is 1.61. The number of methoxy groups -OCH3 is 3. The van der Waals surface area contributed by atoms with Gasteiger partial charge in [-0.15, -0.1) is 0 Å². The number of hydrogen-bond donors (Lipinski definition) is 0. The zero-order valence-corrected chi connectivity index (χ0v) is 16.9. The summed E-state index contributed by atoms with van der Waals surface area (Å²) in [7, 11) is 4.69. The van der Waals surface area contributed by atoms with Gasteiger partial charge in [0.15, 0.2) is 6.61 Å². The highest BCUT2D eigenvalue weighted by Crippen LogP contribution is 2.35. The third-order valence-corrected chi connectivity index (χ3v) is 5.37. The fourth-order valence-electron chi connectivity index (χ4n) is 3.80. The lowest BCUT2D eigenvalue weighted by atomic mass is 10.0. The summed E-state index contributed by atoms with van der Waals surface area (Å²) in [4.78, 5) is 39.1. The van der Waals surface area contributed by atoms with Gasteiger partial charge in [0.25, 0.3) is 5.91 Å². The van der Waals surface area contributed by atoms with Crippen LogP contribution in [0.15, 0.2) is 12.1 Å². The molecule has 3 amide bonds. The van der Waals surface area contributed by atoms with Gasteiger partial charge in [0.1, 0.15) is 17.2 Å². The van der Waals surface area contributed by atoms with Crippen LogP contribution >= 0.6 is 0 Å². The quantitative estimate of drug-likeness (QED) is 0.679. The SMILES string of the molecule is COc1cc(OC)c(CCC(=O)N2CCC(N3C(=O)COC3=O)CC2)c(OC)c1. The zero-order valence-electron chi connectivity index (χ0n) is 16.9. The van der Waals surface area contributed by atoms with Gasteiger partial charge >= 0.3 is 6.09 Å². The van der Waals surface area contributed by atoms with Gasteiger partial charge in [-0.2, -0.15) is 0 Å². The van der Waals surface area contributed by atoms with E-state index >= 15 is 0 Å². The summed E-state index contributed by atoms with van der Waals surface area (Å²) in [6.45, 7) is 0.804. The number of benzene rings is 1. The van der Waals surface area contributed by atoms with E-state index in [1.807, 2.05) is 0 Å². The molecule has 0 atom stereocenters. The smallest absolute Gasteiger partial charge is 0.417 e. The first-order chi connectivity index (χ1) is 14.0. The molecule has 3 rings (SSSR count). The van der Waals surface area contributed by atoms with Crippen LogP contribution in [0.5, 0.6) is 17.2 Å². The first-order valence-corrected chi connectivity index (χ1v) is 9.54. The van der Waals surface area contributed by atoms with E-state index in [9.17, 15) is 14.4 Å². The third kappa shape index (κ3) is 4.38. The number of imide groups is 1. The summed E-state index contributed by atoms with van der Waals surface area (Å²) < 4.78 is 20.9. The third-order valence-electron chi connectivity index (χ3n) is 5.37. The van der Waals surface area contributed by atoms with Crippen LogP contribution in [0.1, 0.15) is 24.8 Å². The minimum Gasteiger partial charge on any atom is -0.496 e. The highest BCUT2D eigenvalue weighted by atomic mass is 16.6. The van der Waals surface area contributed by atoms with E-state index in [0.29, 0.717) is 56.0 Å². The van der Waals surface area contributed by atoms with Crippen molar-refractivity contribution in [2.45, 2.75) is 31.7 Å². The Kier molecular flexibility index (Phi) is 6.46. The summed E-state index contributed by atoms with van der Waals surface area (Å²) >= 11 is 0. The van der Waals surface area contributed by atoms with E-state index in [1.165, 1.54) is 4.90 Å². The van der Waals surface area contributed by atoms with Crippen LogP contribution in [0.2, 0.25) is 0 Å². The summed E-state index contributed by atoms with van der Waals surface area (Å²) in [6, 6.07) is 3.32. The average molecular weight is 406 g/mol. The van der Waals surface area contributed by atoms with Crippen LogP contribution < -0.4 is 14.2 Å². The highest BCUT2D eigenvalue weighted by molar-refractivity contribution is 5.98. The number of amides is 3. The van der Waals surface area contributed by atoms with Crippen LogP contribution in [0.4, 0.5) is 4.79 Å². The molecule has 2 saturated heterocycles. The summed E-state index contributed by atoms with van der Waals surface area (Å²) in [5, 5.41) is 0. The molecule has 2 aliphatic rings. The summed E-state index contributed by atoms with van der Waals surface area (Å²) in [6.07, 6.45) is 1.29. The van der Waals surface area contributed by atoms with Gasteiger partial charge in [-0.3, -0.25) is 9.59 Å². The maximum Gasteiger partial charge on any atom is 0.417 e. The normalized spacial score (nSPS) is 17.3. The molecule has 0 spiro atoms. The second-order valence-corrected chi connectivity index (χ2v) is 6.94. The van der Waals surface area contributed by atoms with Gasteiger partial charge in [-0.05, 0) is 19.3 Å². The van der Waals surface area contributed by atoms with Crippen molar-refractivity contribution in [3.63, 3.8) is 0 Å². The topological polar surface area (TPSA) is 94.6 Å². The molecule has 2 aliphatic heterocycles. The molecule has 0 unspecified atom stereocenters. The first-order valence-electron chi connectivity index (χ1n) is 9.54. The maximum atomic E-state index is 12.7. The average Bonchev–Trinajstić information content (AvgIpc) is 3.09. The molecule has 1 aromatic rings. The van der Waals surface area contributed by atoms with Crippen LogP contribution in [-0.2, 0) is 20.7 Å². The Hall–Kier alpha value is -2.97. The number of ether oxygens (including phenoxy) is 4. The van der Waals surface area contributed by atoms with E-state index in [2.05, 4.69) is 0 Å². The molecule has 0 aromatic heterocycles. The van der Waals surface area contributed by atoms with E-state index in [-0.39, 0.29) is 24.5 Å². The molecule has 9 heteroatoms. The molecule has 2 fully saturated rings. The summed E-state index contributed by atoms with van der Waals surface area (Å²) in [5.41, 5.74) is 0.810. The molecular weight excluding hydrogens is 380 g/mol. The van der Waals surface area contributed by atoms with Crippen molar-refractivity contribution in [2.24, 2.45) is 0 Å². The molecule has 158 valence electrons. The number of carbonyl (C=O) groups excluding carboxylic acids is 3. The molecule has 0 N–H and O–H groups in total. The van der Waals surface area contributed by atoms with Crippen molar-refractivity contribution in [1.29, 1.82) is 0 Å². The van der Waals surface area contributed by atoms with Crippen LogP contribution in [-0.4, -0.2) is 74.8 Å². The minimum absolute atomic E-state index is 0.0127. The van der Waals surface area contributed by atoms with Gasteiger partial charge in [0.2, 0.25) is 5.91 Å². The lowest BCUT2D eigenvalue weighted by Gasteiger charge is -2.34. The standard InChI is InChI=1S/C20H26N2O7/c1-26-14-10-16(27-2)15(17(11-14)28-3)4-5-18(23)21-8-6-13(7-9-21)22-19(24)12-29-20(22)25/h10-11,13H,4-9,12H2,1-3H3. The molecule has 0 bridgehead atoms. The molecule has 29 heavy (non-hydrogen) atoms. The Morgan fingerprint density at radius 1 is 1.07 bits per heavy atom. The molecule has 2 heterocycles. The lowest BCUT2D eigenvalue weighted by Crippen LogP contribution is -2.48. The summed E-state index contributed by atoms with van der Waals surface area (Å²) in [5.74, 6) is 1.54. The van der Waals surface area contributed by atoms with Crippen LogP contribution in [0.25, 0.3) is 0 Å². The fourth-order valence-corrected chi connectivity index (χ4v) is 3.80. The Morgan fingerprint density at radius 2 is 1.69 bits per heavy atom. The van der Waals surface area contributed by atoms with Crippen molar-refractivity contribution in [2.75, 3.05) is 41.0 Å². The number of likely N-dealkylation sites (tertiary alicyclic amines) is 1. The Morgan fingerprint density at radius 3 is 2.17 bits per heavy atom. The zero-order chi connectivity index (χ0) is 21.0. The van der Waals surface area contributed by atoms with Crippen molar-refractivity contribution in [1.82, 2.24) is 9.80 Å². The van der Waals surface area contributed by atoms with E-state index in [0.717, 1.165) is 5.56 Å².